The Morgan fingerprint density at radius 2 is 1.26 bits per heavy atom. The number of aromatic amines is 1. The maximum atomic E-state index is 14.5. The van der Waals surface area contributed by atoms with Crippen LogP contribution in [-0.4, -0.2) is 137 Å². The lowest BCUT2D eigenvalue weighted by molar-refractivity contribution is -0.136. The molecule has 3 aromatic rings. The molecule has 0 bridgehead atoms. The molecule has 1 aliphatic heterocycles. The van der Waals surface area contributed by atoms with Crippen LogP contribution in [0.3, 0.4) is 0 Å². The molecule has 1 aromatic heterocycles. The van der Waals surface area contributed by atoms with E-state index in [4.69, 9.17) is 34.4 Å². The highest BCUT2D eigenvalue weighted by atomic mass is 33.1. The number of primary amides is 2. The molecule has 0 saturated carbocycles. The molecule has 20 N–H and O–H groups in total. The van der Waals surface area contributed by atoms with Crippen molar-refractivity contribution in [3.8, 4) is 0 Å². The van der Waals surface area contributed by atoms with Crippen LogP contribution in [0, 0.1) is 0 Å². The number of guanidine groups is 2. The summed E-state index contributed by atoms with van der Waals surface area (Å²) in [5.74, 6) is -7.53. The van der Waals surface area contributed by atoms with Crippen molar-refractivity contribution < 1.29 is 43.2 Å². The molecular weight excluding hydrogens is 985 g/mol. The van der Waals surface area contributed by atoms with Gasteiger partial charge >= 0.3 is 0 Å². The van der Waals surface area contributed by atoms with Crippen LogP contribution in [-0.2, 0) is 56.0 Å². The van der Waals surface area contributed by atoms with Crippen LogP contribution in [0.5, 0.6) is 0 Å². The topological polar surface area (TPSA) is 434 Å². The zero-order chi connectivity index (χ0) is 53.5. The number of carbonyl (C=O) groups excluding carboxylic acids is 9. The number of hydrogen-bond acceptors (Lipinski definition) is 13. The van der Waals surface area contributed by atoms with Crippen molar-refractivity contribution in [1.82, 2.24) is 42.2 Å². The standard InChI is InChI=1S/C46H66N16O9S2/c1-25(63)56-30(13-7-18-53-45(49)50)39(66)59-33-17-20-72-73-24-36(38(48)65)62-44(71)35(22-27-23-55-29-12-6-5-11-28(27)29)61-40(67)31(14-8-19-54-46(51)52)57-43(70)34(21-26-9-3-2-4-10-26)60-41(68)32(58-42(33)69)15-16-37(47)64/h2-6,9-12,23,30-36,55H,7-8,13-22,24H2,1H3,(H2,47,64)(H2,48,65)(H,56,63)(H,57,70)(H,58,69)(H,59,66)(H,60,68)(H,61,67)(H,62,71)(H4,49,50,53)(H4,51,52,54)/t30-,31-,32-,33-,34+,35-,36-/m0/s1. The normalized spacial score (nSPS) is 21.0. The predicted molar refractivity (Wildman–Crippen MR) is 278 cm³/mol. The number of hydrogen-bond donors (Lipinski definition) is 14. The number of nitrogens with one attached hydrogen (secondary N) is 8. The quantitative estimate of drug-likeness (QED) is 0.0246. The van der Waals surface area contributed by atoms with E-state index in [2.05, 4.69) is 52.2 Å². The number of nitrogens with zero attached hydrogens (tertiary/aromatic N) is 2. The predicted octanol–water partition coefficient (Wildman–Crippen LogP) is -2.99. The van der Waals surface area contributed by atoms with E-state index in [1.807, 2.05) is 24.3 Å². The van der Waals surface area contributed by atoms with Crippen molar-refractivity contribution in [3.05, 3.63) is 71.9 Å². The first-order valence-corrected chi connectivity index (χ1v) is 25.9. The highest BCUT2D eigenvalue weighted by Crippen LogP contribution is 2.24. The van der Waals surface area contributed by atoms with Crippen LogP contribution in [0.25, 0.3) is 10.9 Å². The smallest absolute Gasteiger partial charge is 0.243 e. The lowest BCUT2D eigenvalue weighted by Gasteiger charge is -2.28. The Balaban J connectivity index is 1.78. The number of H-pyrrole nitrogens is 1. The Morgan fingerprint density at radius 3 is 1.90 bits per heavy atom. The number of nitrogens with two attached hydrogens (primary N) is 6. The molecule has 1 saturated heterocycles. The van der Waals surface area contributed by atoms with Crippen LogP contribution in [0.1, 0.15) is 63.0 Å². The van der Waals surface area contributed by atoms with Gasteiger partial charge in [0.1, 0.15) is 42.3 Å². The van der Waals surface area contributed by atoms with Crippen molar-refractivity contribution in [2.75, 3.05) is 24.6 Å². The summed E-state index contributed by atoms with van der Waals surface area (Å²) in [7, 11) is 2.28. The summed E-state index contributed by atoms with van der Waals surface area (Å²) in [6, 6.07) is 6.47. The van der Waals surface area contributed by atoms with Gasteiger partial charge in [0.05, 0.1) is 0 Å². The SMILES string of the molecule is CC(=O)N[C@@H](CCCN=C(N)N)C(=O)N[C@H]1CCSSC[C@@H](C(N)=O)NC(=O)[C@H](Cc2c[nH]c3ccccc23)NC(=O)[C@H](CCCN=C(N)N)NC(=O)[C@@H](Cc2ccccc2)NC(=O)[C@H](CCC(N)=O)NC1=O. The fourth-order valence-corrected chi connectivity index (χ4v) is 9.84. The lowest BCUT2D eigenvalue weighted by Crippen LogP contribution is -2.60. The maximum absolute atomic E-state index is 14.5. The van der Waals surface area contributed by atoms with E-state index in [9.17, 15) is 43.2 Å². The average molecular weight is 1050 g/mol. The third-order valence-corrected chi connectivity index (χ3v) is 13.7. The summed E-state index contributed by atoms with van der Waals surface area (Å²) in [6.07, 6.45) is 1.10. The van der Waals surface area contributed by atoms with Crippen LogP contribution >= 0.6 is 21.6 Å². The van der Waals surface area contributed by atoms with Gasteiger partial charge in [-0.05, 0) is 55.7 Å². The highest BCUT2D eigenvalue weighted by Gasteiger charge is 2.35. The van der Waals surface area contributed by atoms with Gasteiger partial charge in [0, 0.05) is 67.9 Å². The second kappa shape index (κ2) is 29.7. The van der Waals surface area contributed by atoms with Gasteiger partial charge in [-0.3, -0.25) is 53.1 Å². The minimum atomic E-state index is -1.51. The average Bonchev–Trinajstić information content (AvgIpc) is 3.75. The van der Waals surface area contributed by atoms with Crippen LogP contribution in [0.15, 0.2) is 70.8 Å². The molecule has 7 atom stereocenters. The molecule has 0 aliphatic carbocycles. The van der Waals surface area contributed by atoms with Gasteiger partial charge in [-0.25, -0.2) is 0 Å². The first-order valence-electron chi connectivity index (χ1n) is 23.4. The van der Waals surface area contributed by atoms with E-state index in [0.717, 1.165) is 21.7 Å². The minimum Gasteiger partial charge on any atom is -0.370 e. The summed E-state index contributed by atoms with van der Waals surface area (Å²) < 4.78 is 0. The molecule has 4 rings (SSSR count). The Morgan fingerprint density at radius 1 is 0.685 bits per heavy atom. The Labute approximate surface area is 429 Å². The summed E-state index contributed by atoms with van der Waals surface area (Å²) in [5.41, 5.74) is 35.3. The Kier molecular flexibility index (Phi) is 23.6. The van der Waals surface area contributed by atoms with Gasteiger partial charge in [0.25, 0.3) is 0 Å². The molecule has 27 heteroatoms. The molecule has 25 nitrogen and oxygen atoms in total. The van der Waals surface area contributed by atoms with Gasteiger partial charge in [-0.2, -0.15) is 0 Å². The molecule has 396 valence electrons. The first-order chi connectivity index (χ1) is 34.8. The zero-order valence-corrected chi connectivity index (χ0v) is 42.0. The zero-order valence-electron chi connectivity index (χ0n) is 40.4. The largest absolute Gasteiger partial charge is 0.370 e. The van der Waals surface area contributed by atoms with Gasteiger partial charge in [-0.1, -0.05) is 70.1 Å². The van der Waals surface area contributed by atoms with Crippen molar-refractivity contribution in [2.45, 2.75) is 107 Å². The van der Waals surface area contributed by atoms with Crippen LogP contribution in [0.4, 0.5) is 0 Å². The molecule has 73 heavy (non-hydrogen) atoms. The van der Waals surface area contributed by atoms with Gasteiger partial charge in [-0.15, -0.1) is 0 Å². The second-order valence-electron chi connectivity index (χ2n) is 17.1. The maximum Gasteiger partial charge on any atom is 0.243 e. The Bertz CT molecular complexity index is 2470. The van der Waals surface area contributed by atoms with E-state index < -0.39 is 95.5 Å². The molecule has 0 unspecified atom stereocenters. The number of rotatable bonds is 19. The van der Waals surface area contributed by atoms with E-state index in [0.29, 0.717) is 11.1 Å². The minimum absolute atomic E-state index is 0.0530. The monoisotopic (exact) mass is 1050 g/mol. The molecule has 9 amide bonds. The van der Waals surface area contributed by atoms with E-state index >= 15 is 0 Å². The summed E-state index contributed by atoms with van der Waals surface area (Å²) in [5, 5.41) is 19.4. The lowest BCUT2D eigenvalue weighted by atomic mass is 10.0. The second-order valence-corrected chi connectivity index (χ2v) is 19.7. The number of para-hydroxylation sites is 1. The van der Waals surface area contributed by atoms with E-state index in [1.54, 1.807) is 36.5 Å². The number of aliphatic imine (C=N–C) groups is 2. The highest BCUT2D eigenvalue weighted by molar-refractivity contribution is 8.76. The van der Waals surface area contributed by atoms with Gasteiger partial charge in [0.2, 0.25) is 53.2 Å². The van der Waals surface area contributed by atoms with E-state index in [-0.39, 0.29) is 94.3 Å². The van der Waals surface area contributed by atoms with Gasteiger partial charge < -0.3 is 76.6 Å². The fraction of sp³-hybridized carbons (Fsp3) is 0.457. The number of carbonyl (C=O) groups is 9. The molecule has 0 radical (unpaired) electrons. The fourth-order valence-electron chi connectivity index (χ4n) is 7.57. The van der Waals surface area contributed by atoms with E-state index in [1.165, 1.54) is 17.7 Å². The van der Waals surface area contributed by atoms with Crippen molar-refractivity contribution in [3.63, 3.8) is 0 Å². The van der Waals surface area contributed by atoms with Crippen LogP contribution < -0.4 is 71.6 Å². The third-order valence-electron chi connectivity index (χ3n) is 11.3. The summed E-state index contributed by atoms with van der Waals surface area (Å²) in [6.45, 7) is 1.40. The van der Waals surface area contributed by atoms with Crippen LogP contribution in [0.2, 0.25) is 0 Å². The Hall–Kier alpha value is -7.55. The third kappa shape index (κ3) is 20.2. The number of benzene rings is 2. The number of fused-ring (bicyclic) bond motifs is 1. The first kappa shape index (κ1) is 58.0. The molecule has 1 fully saturated rings. The summed E-state index contributed by atoms with van der Waals surface area (Å²) >= 11 is 0. The van der Waals surface area contributed by atoms with Gasteiger partial charge in [0.15, 0.2) is 11.9 Å². The molecule has 2 heterocycles. The van der Waals surface area contributed by atoms with Crippen molar-refractivity contribution >= 4 is 97.6 Å². The van der Waals surface area contributed by atoms with Crippen molar-refractivity contribution in [1.29, 1.82) is 0 Å². The molecular formula is C46H66N16O9S2. The molecule has 1 aliphatic rings. The number of amides is 9. The van der Waals surface area contributed by atoms with Crippen molar-refractivity contribution in [2.24, 2.45) is 44.4 Å². The summed E-state index contributed by atoms with van der Waals surface area (Å²) in [4.78, 5) is 134. The molecule has 0 spiro atoms. The number of aromatic nitrogens is 1. The molecule has 2 aromatic carbocycles.